The Bertz CT molecular complexity index is 761. The summed E-state index contributed by atoms with van der Waals surface area (Å²) in [5, 5.41) is 15.3. The van der Waals surface area contributed by atoms with Crippen LogP contribution in [0.15, 0.2) is 17.2 Å². The quantitative estimate of drug-likeness (QED) is 0.724. The van der Waals surface area contributed by atoms with Crippen LogP contribution < -0.4 is 4.72 Å². The fourth-order valence-electron chi connectivity index (χ4n) is 1.80. The zero-order valence-corrected chi connectivity index (χ0v) is 12.3. The first-order valence-corrected chi connectivity index (χ1v) is 7.67. The molecule has 0 atom stereocenters. The molecule has 2 aromatic rings. The summed E-state index contributed by atoms with van der Waals surface area (Å²) in [5.41, 5.74) is -0.0802. The number of aromatic carboxylic acids is 1. The van der Waals surface area contributed by atoms with Crippen molar-refractivity contribution in [3.05, 3.63) is 23.8 Å². The van der Waals surface area contributed by atoms with Crippen molar-refractivity contribution < 1.29 is 18.3 Å². The Morgan fingerprint density at radius 3 is 2.76 bits per heavy atom. The second kappa shape index (κ2) is 5.56. The van der Waals surface area contributed by atoms with Gasteiger partial charge in [-0.15, -0.1) is 5.10 Å². The van der Waals surface area contributed by atoms with Gasteiger partial charge in [0.2, 0.25) is 0 Å². The van der Waals surface area contributed by atoms with Gasteiger partial charge in [-0.2, -0.15) is 4.98 Å². The standard InChI is InChI=1S/C11H15N5O4S/c1-3-4-16-6-8(5-9(16)10(17)18)21(19,20)15-11-12-7(2)13-14-11/h5-6H,3-4H2,1-2H3,(H,17,18)(H2,12,13,14,15). The van der Waals surface area contributed by atoms with Crippen LogP contribution in [0.5, 0.6) is 0 Å². The lowest BCUT2D eigenvalue weighted by atomic mass is 10.4. The van der Waals surface area contributed by atoms with Crippen LogP contribution >= 0.6 is 0 Å². The van der Waals surface area contributed by atoms with E-state index in [1.54, 1.807) is 6.92 Å². The van der Waals surface area contributed by atoms with E-state index in [4.69, 9.17) is 5.11 Å². The molecule has 2 heterocycles. The lowest BCUT2D eigenvalue weighted by molar-refractivity contribution is 0.0685. The molecule has 0 aliphatic carbocycles. The van der Waals surface area contributed by atoms with Gasteiger partial charge in [-0.05, 0) is 19.4 Å². The van der Waals surface area contributed by atoms with E-state index >= 15 is 0 Å². The van der Waals surface area contributed by atoms with Gasteiger partial charge < -0.3 is 9.67 Å². The molecule has 21 heavy (non-hydrogen) atoms. The minimum atomic E-state index is -3.93. The highest BCUT2D eigenvalue weighted by Crippen LogP contribution is 2.17. The van der Waals surface area contributed by atoms with E-state index in [2.05, 4.69) is 19.9 Å². The van der Waals surface area contributed by atoms with Gasteiger partial charge in [0.15, 0.2) is 0 Å². The van der Waals surface area contributed by atoms with Gasteiger partial charge in [0.1, 0.15) is 16.4 Å². The molecular formula is C11H15N5O4S. The molecule has 0 bridgehead atoms. The molecule has 0 saturated heterocycles. The maximum absolute atomic E-state index is 12.2. The molecule has 0 amide bonds. The van der Waals surface area contributed by atoms with Crippen molar-refractivity contribution in [2.24, 2.45) is 0 Å². The zero-order valence-electron chi connectivity index (χ0n) is 11.5. The van der Waals surface area contributed by atoms with Gasteiger partial charge in [0, 0.05) is 12.7 Å². The summed E-state index contributed by atoms with van der Waals surface area (Å²) < 4.78 is 28.0. The van der Waals surface area contributed by atoms with Crippen LogP contribution in [0, 0.1) is 6.92 Å². The van der Waals surface area contributed by atoms with E-state index in [0.717, 1.165) is 6.07 Å². The molecule has 3 N–H and O–H groups in total. The van der Waals surface area contributed by atoms with Crippen LogP contribution in [0.3, 0.4) is 0 Å². The van der Waals surface area contributed by atoms with Gasteiger partial charge >= 0.3 is 5.97 Å². The van der Waals surface area contributed by atoms with Gasteiger partial charge in [-0.1, -0.05) is 6.92 Å². The molecule has 0 saturated carbocycles. The van der Waals surface area contributed by atoms with Crippen LogP contribution in [0.25, 0.3) is 0 Å². The first-order chi connectivity index (χ1) is 9.83. The molecule has 0 aromatic carbocycles. The average Bonchev–Trinajstić information content (AvgIpc) is 2.96. The minimum absolute atomic E-state index is 0.0802. The number of aromatic amines is 1. The first kappa shape index (κ1) is 15.0. The summed E-state index contributed by atoms with van der Waals surface area (Å²) in [6, 6.07) is 1.11. The number of nitrogens with one attached hydrogen (secondary N) is 2. The average molecular weight is 313 g/mol. The lowest BCUT2D eigenvalue weighted by Gasteiger charge is -2.03. The van der Waals surface area contributed by atoms with E-state index in [0.29, 0.717) is 18.8 Å². The van der Waals surface area contributed by atoms with E-state index in [1.807, 2.05) is 6.92 Å². The minimum Gasteiger partial charge on any atom is -0.477 e. The Balaban J connectivity index is 2.35. The predicted molar refractivity (Wildman–Crippen MR) is 73.6 cm³/mol. The number of aromatic nitrogens is 4. The Hall–Kier alpha value is -2.36. The molecule has 0 radical (unpaired) electrons. The lowest BCUT2D eigenvalue weighted by Crippen LogP contribution is -2.13. The number of carboxylic acids is 1. The fraction of sp³-hybridized carbons (Fsp3) is 0.364. The van der Waals surface area contributed by atoms with Gasteiger partial charge in [0.25, 0.3) is 16.0 Å². The Morgan fingerprint density at radius 2 is 2.24 bits per heavy atom. The third-order valence-corrected chi connectivity index (χ3v) is 3.98. The molecule has 0 aliphatic heterocycles. The molecule has 0 unspecified atom stereocenters. The summed E-state index contributed by atoms with van der Waals surface area (Å²) in [4.78, 5) is 14.8. The second-order valence-corrected chi connectivity index (χ2v) is 6.09. The maximum Gasteiger partial charge on any atom is 0.352 e. The topological polar surface area (TPSA) is 130 Å². The molecule has 2 aromatic heterocycles. The largest absolute Gasteiger partial charge is 0.477 e. The Labute approximate surface area is 121 Å². The van der Waals surface area contributed by atoms with Gasteiger partial charge in [0.05, 0.1) is 0 Å². The van der Waals surface area contributed by atoms with Crippen LogP contribution in [-0.2, 0) is 16.6 Å². The summed E-state index contributed by atoms with van der Waals surface area (Å²) in [6.45, 7) is 3.91. The molecule has 0 fully saturated rings. The monoisotopic (exact) mass is 313 g/mol. The van der Waals surface area contributed by atoms with E-state index < -0.39 is 16.0 Å². The molecular weight excluding hydrogens is 298 g/mol. The Morgan fingerprint density at radius 1 is 1.52 bits per heavy atom. The SMILES string of the molecule is CCCn1cc(S(=O)(=O)Nc2n[nH]c(C)n2)cc1C(=O)O. The third kappa shape index (κ3) is 3.21. The van der Waals surface area contributed by atoms with Gasteiger partial charge in [-0.3, -0.25) is 5.10 Å². The highest BCUT2D eigenvalue weighted by Gasteiger charge is 2.22. The highest BCUT2D eigenvalue weighted by molar-refractivity contribution is 7.92. The van der Waals surface area contributed by atoms with Crippen molar-refractivity contribution in [3.8, 4) is 0 Å². The summed E-state index contributed by atoms with van der Waals surface area (Å²) in [6.07, 6.45) is 1.97. The normalized spacial score (nSPS) is 11.5. The van der Waals surface area contributed by atoms with Crippen molar-refractivity contribution in [2.75, 3.05) is 4.72 Å². The van der Waals surface area contributed by atoms with Crippen LogP contribution in [0.4, 0.5) is 5.95 Å². The van der Waals surface area contributed by atoms with Crippen molar-refractivity contribution in [1.29, 1.82) is 0 Å². The number of anilines is 1. The first-order valence-electron chi connectivity index (χ1n) is 6.18. The number of carbonyl (C=O) groups is 1. The number of nitrogens with zero attached hydrogens (tertiary/aromatic N) is 3. The number of rotatable bonds is 6. The van der Waals surface area contributed by atoms with Crippen molar-refractivity contribution in [2.45, 2.75) is 31.7 Å². The van der Waals surface area contributed by atoms with E-state index in [1.165, 1.54) is 10.8 Å². The number of hydrogen-bond donors (Lipinski definition) is 3. The number of carboxylic acid groups (broad SMARTS) is 1. The summed E-state index contributed by atoms with van der Waals surface area (Å²) in [7, 11) is -3.93. The number of H-pyrrole nitrogens is 1. The van der Waals surface area contributed by atoms with Crippen LogP contribution in [0.2, 0.25) is 0 Å². The second-order valence-electron chi connectivity index (χ2n) is 4.41. The van der Waals surface area contributed by atoms with Crippen molar-refractivity contribution in [3.63, 3.8) is 0 Å². The molecule has 0 spiro atoms. The predicted octanol–water partition coefficient (Wildman–Crippen LogP) is 0.824. The maximum atomic E-state index is 12.2. The third-order valence-electron chi connectivity index (χ3n) is 2.69. The van der Waals surface area contributed by atoms with Gasteiger partial charge in [-0.25, -0.2) is 17.9 Å². The smallest absolute Gasteiger partial charge is 0.352 e. The van der Waals surface area contributed by atoms with Crippen molar-refractivity contribution >= 4 is 21.9 Å². The fourth-order valence-corrected chi connectivity index (χ4v) is 2.79. The number of hydrogen-bond acceptors (Lipinski definition) is 5. The molecule has 0 aliphatic rings. The molecule has 114 valence electrons. The summed E-state index contributed by atoms with van der Waals surface area (Å²) in [5.74, 6) is -0.811. The van der Waals surface area contributed by atoms with Crippen molar-refractivity contribution in [1.82, 2.24) is 19.7 Å². The number of sulfonamides is 1. The molecule has 9 nitrogen and oxygen atoms in total. The van der Waals surface area contributed by atoms with Crippen LogP contribution in [-0.4, -0.2) is 39.2 Å². The number of aryl methyl sites for hydroxylation is 2. The highest BCUT2D eigenvalue weighted by atomic mass is 32.2. The molecule has 2 rings (SSSR count). The van der Waals surface area contributed by atoms with E-state index in [-0.39, 0.29) is 16.5 Å². The van der Waals surface area contributed by atoms with Crippen LogP contribution in [0.1, 0.15) is 29.7 Å². The zero-order chi connectivity index (χ0) is 15.6. The molecule has 10 heteroatoms. The Kier molecular flexibility index (Phi) is 3.98. The van der Waals surface area contributed by atoms with E-state index in [9.17, 15) is 13.2 Å². The summed E-state index contributed by atoms with van der Waals surface area (Å²) >= 11 is 0.